The van der Waals surface area contributed by atoms with Crippen LogP contribution in [0, 0.1) is 0 Å². The van der Waals surface area contributed by atoms with E-state index in [4.69, 9.17) is 27.2 Å². The molecule has 108 valence electrons. The van der Waals surface area contributed by atoms with Gasteiger partial charge in [0.2, 0.25) is 5.28 Å². The van der Waals surface area contributed by atoms with Gasteiger partial charge in [0.15, 0.2) is 11.5 Å². The van der Waals surface area contributed by atoms with E-state index in [1.807, 2.05) is 0 Å². The van der Waals surface area contributed by atoms with Crippen molar-refractivity contribution in [2.24, 2.45) is 0 Å². The summed E-state index contributed by atoms with van der Waals surface area (Å²) in [5.41, 5.74) is 6.73. The Balaban J connectivity index is 1.85. The predicted octanol–water partition coefficient (Wildman–Crippen LogP) is -0.427. The van der Waals surface area contributed by atoms with Crippen molar-refractivity contribution < 1.29 is 14.9 Å². The van der Waals surface area contributed by atoms with E-state index in [1.54, 1.807) is 10.9 Å². The number of nitrogen functional groups attached to an aromatic ring is 1. The maximum absolute atomic E-state index is 9.71. The number of anilines is 1. The first-order valence-corrected chi connectivity index (χ1v) is 6.54. The number of imidazole rings is 1. The van der Waals surface area contributed by atoms with E-state index in [9.17, 15) is 5.11 Å². The van der Waals surface area contributed by atoms with Gasteiger partial charge < -0.3 is 25.3 Å². The summed E-state index contributed by atoms with van der Waals surface area (Å²) in [5.74, 6) is 0.222. The zero-order valence-corrected chi connectivity index (χ0v) is 11.2. The fourth-order valence-corrected chi connectivity index (χ4v) is 2.56. The number of ether oxygens (including phenoxy) is 1. The summed E-state index contributed by atoms with van der Waals surface area (Å²) in [5, 5.41) is 18.8. The number of aliphatic hydroxyl groups excluding tert-OH is 2. The zero-order chi connectivity index (χ0) is 14.3. The number of hydrogen-bond acceptors (Lipinski definition) is 7. The Bertz CT molecular complexity index is 634. The molecule has 9 heteroatoms. The summed E-state index contributed by atoms with van der Waals surface area (Å²) in [7, 11) is 0. The van der Waals surface area contributed by atoms with Crippen LogP contribution < -0.4 is 5.73 Å². The summed E-state index contributed by atoms with van der Waals surface area (Å²) in [6.45, 7) is 0.236. The van der Waals surface area contributed by atoms with Gasteiger partial charge >= 0.3 is 0 Å². The van der Waals surface area contributed by atoms with Crippen molar-refractivity contribution in [3.63, 3.8) is 0 Å². The van der Waals surface area contributed by atoms with E-state index in [0.717, 1.165) is 0 Å². The average molecular weight is 300 g/mol. The molecule has 3 unspecified atom stereocenters. The first-order chi connectivity index (χ1) is 9.58. The van der Waals surface area contributed by atoms with Crippen LogP contribution in [-0.4, -0.2) is 54.7 Å². The molecule has 0 spiro atoms. The monoisotopic (exact) mass is 299 g/mol. The zero-order valence-electron chi connectivity index (χ0n) is 10.5. The number of hydrogen-bond donors (Lipinski definition) is 3. The van der Waals surface area contributed by atoms with Crippen molar-refractivity contribution in [1.82, 2.24) is 19.5 Å². The Morgan fingerprint density at radius 3 is 3.00 bits per heavy atom. The smallest absolute Gasteiger partial charge is 0.226 e. The Morgan fingerprint density at radius 2 is 2.30 bits per heavy atom. The standard InChI is InChI=1S/C11H14ClN5O3/c12-11-15-9(13)8-10(16-11)17(4-14-8)2-5-1-6(19)7(3-18)20-5/h4-7,18-19H,1-3H2,(H2,13,15,16). The second-order valence-corrected chi connectivity index (χ2v) is 5.07. The molecule has 3 rings (SSSR count). The molecule has 2 aromatic rings. The molecule has 2 aromatic heterocycles. The van der Waals surface area contributed by atoms with Crippen LogP contribution in [0.15, 0.2) is 6.33 Å². The third kappa shape index (κ3) is 2.31. The molecule has 0 saturated carbocycles. The Labute approximate surface area is 119 Å². The molecular weight excluding hydrogens is 286 g/mol. The highest BCUT2D eigenvalue weighted by atomic mass is 35.5. The molecule has 8 nitrogen and oxygen atoms in total. The molecule has 4 N–H and O–H groups in total. The molecule has 1 aliphatic rings. The van der Waals surface area contributed by atoms with E-state index in [-0.39, 0.29) is 23.8 Å². The molecule has 1 aliphatic heterocycles. The van der Waals surface area contributed by atoms with Gasteiger partial charge in [0.1, 0.15) is 11.6 Å². The van der Waals surface area contributed by atoms with Gasteiger partial charge in [0.25, 0.3) is 0 Å². The highest BCUT2D eigenvalue weighted by Gasteiger charge is 2.33. The SMILES string of the molecule is Nc1nc(Cl)nc2c1ncn2CC1CC(O)C(CO)O1. The number of aliphatic hydroxyl groups is 2. The number of aromatic nitrogens is 4. The van der Waals surface area contributed by atoms with Gasteiger partial charge in [0, 0.05) is 6.42 Å². The summed E-state index contributed by atoms with van der Waals surface area (Å²) in [6.07, 6.45) is 0.586. The molecule has 1 fully saturated rings. The van der Waals surface area contributed by atoms with Gasteiger partial charge in [-0.05, 0) is 11.6 Å². The normalized spacial score (nSPS) is 26.4. The van der Waals surface area contributed by atoms with Crippen LogP contribution in [0.25, 0.3) is 11.2 Å². The van der Waals surface area contributed by atoms with Crippen molar-refractivity contribution in [1.29, 1.82) is 0 Å². The number of nitrogens with two attached hydrogens (primary N) is 1. The first-order valence-electron chi connectivity index (χ1n) is 6.16. The Hall–Kier alpha value is -1.48. The van der Waals surface area contributed by atoms with Gasteiger partial charge in [-0.15, -0.1) is 0 Å². The number of nitrogens with zero attached hydrogens (tertiary/aromatic N) is 4. The molecule has 0 amide bonds. The molecule has 1 saturated heterocycles. The topological polar surface area (TPSA) is 119 Å². The van der Waals surface area contributed by atoms with Crippen LogP contribution in [-0.2, 0) is 11.3 Å². The third-order valence-corrected chi connectivity index (χ3v) is 3.51. The quantitative estimate of drug-likeness (QED) is 0.658. The second kappa shape index (κ2) is 5.13. The third-order valence-electron chi connectivity index (χ3n) is 3.34. The summed E-state index contributed by atoms with van der Waals surface area (Å²) in [4.78, 5) is 12.1. The lowest BCUT2D eigenvalue weighted by Gasteiger charge is -2.12. The van der Waals surface area contributed by atoms with Crippen molar-refractivity contribution in [3.05, 3.63) is 11.6 Å². The summed E-state index contributed by atoms with van der Waals surface area (Å²) in [6, 6.07) is 0. The molecule has 3 heterocycles. The minimum atomic E-state index is -0.664. The number of fused-ring (bicyclic) bond motifs is 1. The molecule has 0 aliphatic carbocycles. The minimum absolute atomic E-state index is 0.0531. The van der Waals surface area contributed by atoms with Crippen LogP contribution >= 0.6 is 11.6 Å². The largest absolute Gasteiger partial charge is 0.394 e. The van der Waals surface area contributed by atoms with E-state index in [1.165, 1.54) is 0 Å². The second-order valence-electron chi connectivity index (χ2n) is 4.73. The van der Waals surface area contributed by atoms with Gasteiger partial charge in [0.05, 0.1) is 31.7 Å². The van der Waals surface area contributed by atoms with Crippen molar-refractivity contribution in [2.45, 2.75) is 31.3 Å². The molecule has 0 bridgehead atoms. The molecule has 0 aromatic carbocycles. The van der Waals surface area contributed by atoms with Crippen molar-refractivity contribution >= 4 is 28.6 Å². The van der Waals surface area contributed by atoms with E-state index in [0.29, 0.717) is 24.1 Å². The fraction of sp³-hybridized carbons (Fsp3) is 0.545. The van der Waals surface area contributed by atoms with Crippen molar-refractivity contribution in [2.75, 3.05) is 12.3 Å². The summed E-state index contributed by atoms with van der Waals surface area (Å²) >= 11 is 5.79. The van der Waals surface area contributed by atoms with E-state index < -0.39 is 12.2 Å². The number of rotatable bonds is 3. The number of halogens is 1. The van der Waals surface area contributed by atoms with Crippen LogP contribution in [0.5, 0.6) is 0 Å². The lowest BCUT2D eigenvalue weighted by Crippen LogP contribution is -2.24. The van der Waals surface area contributed by atoms with E-state index >= 15 is 0 Å². The molecule has 20 heavy (non-hydrogen) atoms. The highest BCUT2D eigenvalue weighted by molar-refractivity contribution is 6.28. The minimum Gasteiger partial charge on any atom is -0.394 e. The maximum atomic E-state index is 9.71. The van der Waals surface area contributed by atoms with Gasteiger partial charge in [-0.1, -0.05) is 0 Å². The molecule has 0 radical (unpaired) electrons. The van der Waals surface area contributed by atoms with Gasteiger partial charge in [-0.3, -0.25) is 0 Å². The highest BCUT2D eigenvalue weighted by Crippen LogP contribution is 2.24. The van der Waals surface area contributed by atoms with Crippen molar-refractivity contribution in [3.8, 4) is 0 Å². The average Bonchev–Trinajstić information content (AvgIpc) is 2.94. The van der Waals surface area contributed by atoms with Gasteiger partial charge in [-0.2, -0.15) is 9.97 Å². The lowest BCUT2D eigenvalue weighted by molar-refractivity contribution is -0.0255. The van der Waals surface area contributed by atoms with Crippen LogP contribution in [0.1, 0.15) is 6.42 Å². The van der Waals surface area contributed by atoms with Gasteiger partial charge in [-0.25, -0.2) is 4.98 Å². The van der Waals surface area contributed by atoms with Crippen LogP contribution in [0.4, 0.5) is 5.82 Å². The summed E-state index contributed by atoms with van der Waals surface area (Å²) < 4.78 is 7.30. The Morgan fingerprint density at radius 1 is 1.50 bits per heavy atom. The predicted molar refractivity (Wildman–Crippen MR) is 71.1 cm³/mol. The van der Waals surface area contributed by atoms with Crippen LogP contribution in [0.3, 0.4) is 0 Å². The fourth-order valence-electron chi connectivity index (χ4n) is 2.39. The lowest BCUT2D eigenvalue weighted by atomic mass is 10.1. The molecule has 3 atom stereocenters. The molecular formula is C11H14ClN5O3. The van der Waals surface area contributed by atoms with E-state index in [2.05, 4.69) is 15.0 Å². The Kier molecular flexibility index (Phi) is 3.47. The first kappa shape index (κ1) is 13.5. The van der Waals surface area contributed by atoms with Crippen LogP contribution in [0.2, 0.25) is 5.28 Å². The maximum Gasteiger partial charge on any atom is 0.226 e.